The molecule has 0 spiro atoms. The van der Waals surface area contributed by atoms with Crippen molar-refractivity contribution in [3.8, 4) is 0 Å². The highest BCUT2D eigenvalue weighted by Crippen LogP contribution is 2.40. The third kappa shape index (κ3) is 2.62. The first-order valence-corrected chi connectivity index (χ1v) is 9.47. The lowest BCUT2D eigenvalue weighted by atomic mass is 9.97. The highest BCUT2D eigenvalue weighted by Gasteiger charge is 2.33. The molecule has 1 atom stereocenters. The standard InChI is InChI=1S/C19H17NOS2/c1-13-4-6-14(7-5-13)19(21)20-10-8-16-15(9-12-23-16)18(20)17-3-2-11-22-17/h2-7,9,11-12,18H,8,10H2,1H3. The second-order valence-corrected chi connectivity index (χ2v) is 7.81. The molecular formula is C19H17NOS2. The largest absolute Gasteiger partial charge is 0.326 e. The monoisotopic (exact) mass is 339 g/mol. The van der Waals surface area contributed by atoms with Gasteiger partial charge in [0.2, 0.25) is 0 Å². The summed E-state index contributed by atoms with van der Waals surface area (Å²) in [7, 11) is 0. The average Bonchev–Trinajstić information content (AvgIpc) is 3.25. The molecule has 23 heavy (non-hydrogen) atoms. The van der Waals surface area contributed by atoms with Gasteiger partial charge in [0.25, 0.3) is 5.91 Å². The molecule has 0 bridgehead atoms. The van der Waals surface area contributed by atoms with Crippen LogP contribution < -0.4 is 0 Å². The minimum atomic E-state index is 0.0544. The van der Waals surface area contributed by atoms with Crippen molar-refractivity contribution in [1.82, 2.24) is 4.90 Å². The smallest absolute Gasteiger partial charge is 0.254 e. The van der Waals surface area contributed by atoms with Crippen molar-refractivity contribution in [1.29, 1.82) is 0 Å². The van der Waals surface area contributed by atoms with E-state index in [4.69, 9.17) is 0 Å². The Kier molecular flexibility index (Phi) is 3.79. The molecule has 1 aromatic carbocycles. The summed E-state index contributed by atoms with van der Waals surface area (Å²) < 4.78 is 0. The van der Waals surface area contributed by atoms with Gasteiger partial charge < -0.3 is 4.90 Å². The van der Waals surface area contributed by atoms with Crippen LogP contribution in [0, 0.1) is 6.92 Å². The molecule has 0 radical (unpaired) electrons. The molecule has 116 valence electrons. The Morgan fingerprint density at radius 3 is 2.65 bits per heavy atom. The molecule has 4 heteroatoms. The van der Waals surface area contributed by atoms with E-state index in [1.165, 1.54) is 20.9 Å². The number of carbonyl (C=O) groups excluding carboxylic acids is 1. The number of thiophene rings is 2. The van der Waals surface area contributed by atoms with Crippen LogP contribution in [0.4, 0.5) is 0 Å². The summed E-state index contributed by atoms with van der Waals surface area (Å²) in [5.41, 5.74) is 3.25. The van der Waals surface area contributed by atoms with Gasteiger partial charge in [-0.2, -0.15) is 0 Å². The molecule has 0 fully saturated rings. The predicted octanol–water partition coefficient (Wildman–Crippen LogP) is 4.91. The van der Waals surface area contributed by atoms with Crippen molar-refractivity contribution in [3.63, 3.8) is 0 Å². The van der Waals surface area contributed by atoms with Gasteiger partial charge in [-0.1, -0.05) is 23.8 Å². The zero-order chi connectivity index (χ0) is 15.8. The van der Waals surface area contributed by atoms with E-state index < -0.39 is 0 Å². The summed E-state index contributed by atoms with van der Waals surface area (Å²) in [6.07, 6.45) is 0.951. The first-order chi connectivity index (χ1) is 11.2. The number of amides is 1. The van der Waals surface area contributed by atoms with Crippen molar-refractivity contribution in [3.05, 3.63) is 79.7 Å². The highest BCUT2D eigenvalue weighted by atomic mass is 32.1. The van der Waals surface area contributed by atoms with E-state index in [1.54, 1.807) is 22.7 Å². The SMILES string of the molecule is Cc1ccc(C(=O)N2CCc3sccc3C2c2cccs2)cc1. The molecule has 1 aliphatic rings. The molecule has 1 aliphatic heterocycles. The van der Waals surface area contributed by atoms with E-state index >= 15 is 0 Å². The highest BCUT2D eigenvalue weighted by molar-refractivity contribution is 7.10. The van der Waals surface area contributed by atoms with E-state index in [1.807, 2.05) is 36.1 Å². The van der Waals surface area contributed by atoms with Gasteiger partial charge in [-0.05, 0) is 53.9 Å². The van der Waals surface area contributed by atoms with E-state index in [2.05, 4.69) is 29.0 Å². The molecule has 1 unspecified atom stereocenters. The molecule has 0 saturated heterocycles. The van der Waals surface area contributed by atoms with Crippen LogP contribution >= 0.6 is 22.7 Å². The third-order valence-electron chi connectivity index (χ3n) is 4.34. The predicted molar refractivity (Wildman–Crippen MR) is 96.4 cm³/mol. The van der Waals surface area contributed by atoms with Crippen molar-refractivity contribution in [2.24, 2.45) is 0 Å². The fraction of sp³-hybridized carbons (Fsp3) is 0.211. The van der Waals surface area contributed by atoms with Gasteiger partial charge in [0.05, 0.1) is 6.04 Å². The van der Waals surface area contributed by atoms with Crippen LogP contribution in [0.5, 0.6) is 0 Å². The maximum atomic E-state index is 13.1. The van der Waals surface area contributed by atoms with E-state index in [0.717, 1.165) is 18.5 Å². The van der Waals surface area contributed by atoms with Crippen molar-refractivity contribution in [2.75, 3.05) is 6.54 Å². The number of nitrogens with zero attached hydrogens (tertiary/aromatic N) is 1. The maximum Gasteiger partial charge on any atom is 0.254 e. The lowest BCUT2D eigenvalue weighted by molar-refractivity contribution is 0.0699. The first-order valence-electron chi connectivity index (χ1n) is 7.71. The Morgan fingerprint density at radius 2 is 1.91 bits per heavy atom. The molecular weight excluding hydrogens is 322 g/mol. The minimum absolute atomic E-state index is 0.0544. The summed E-state index contributed by atoms with van der Waals surface area (Å²) in [5.74, 6) is 0.125. The topological polar surface area (TPSA) is 20.3 Å². The number of carbonyl (C=O) groups is 1. The van der Waals surface area contributed by atoms with Gasteiger partial charge >= 0.3 is 0 Å². The fourth-order valence-electron chi connectivity index (χ4n) is 3.15. The van der Waals surface area contributed by atoms with Crippen molar-refractivity contribution >= 4 is 28.6 Å². The lowest BCUT2D eigenvalue weighted by Crippen LogP contribution is -2.39. The van der Waals surface area contributed by atoms with Crippen LogP contribution in [-0.4, -0.2) is 17.4 Å². The quantitative estimate of drug-likeness (QED) is 0.650. The summed E-state index contributed by atoms with van der Waals surface area (Å²) in [6.45, 7) is 2.82. The molecule has 0 saturated carbocycles. The third-order valence-corrected chi connectivity index (χ3v) is 6.26. The van der Waals surface area contributed by atoms with Crippen molar-refractivity contribution < 1.29 is 4.79 Å². The normalized spacial score (nSPS) is 17.1. The molecule has 1 amide bonds. The van der Waals surface area contributed by atoms with Gasteiger partial charge in [-0.25, -0.2) is 0 Å². The molecule has 2 aromatic heterocycles. The van der Waals surface area contributed by atoms with E-state index in [0.29, 0.717) is 0 Å². The van der Waals surface area contributed by atoms with Crippen LogP contribution in [-0.2, 0) is 6.42 Å². The molecule has 3 aromatic rings. The fourth-order valence-corrected chi connectivity index (χ4v) is 4.91. The zero-order valence-electron chi connectivity index (χ0n) is 12.9. The second kappa shape index (κ2) is 5.95. The van der Waals surface area contributed by atoms with Crippen LogP contribution in [0.15, 0.2) is 53.2 Å². The van der Waals surface area contributed by atoms with E-state index in [9.17, 15) is 4.79 Å². The van der Waals surface area contributed by atoms with Gasteiger partial charge in [-0.3, -0.25) is 4.79 Å². The Bertz CT molecular complexity index is 817. The number of hydrogen-bond acceptors (Lipinski definition) is 3. The van der Waals surface area contributed by atoms with Gasteiger partial charge in [-0.15, -0.1) is 22.7 Å². The summed E-state index contributed by atoms with van der Waals surface area (Å²) in [5, 5.41) is 4.23. The first kappa shape index (κ1) is 14.7. The molecule has 4 rings (SSSR count). The molecule has 0 N–H and O–H groups in total. The summed E-state index contributed by atoms with van der Waals surface area (Å²) in [6, 6.07) is 14.3. The molecule has 0 aliphatic carbocycles. The van der Waals surface area contributed by atoms with Crippen LogP contribution in [0.3, 0.4) is 0 Å². The van der Waals surface area contributed by atoms with Gasteiger partial charge in [0, 0.05) is 21.9 Å². The molecule has 2 nitrogen and oxygen atoms in total. The Hall–Kier alpha value is -1.91. The summed E-state index contributed by atoms with van der Waals surface area (Å²) in [4.78, 5) is 17.8. The summed E-state index contributed by atoms with van der Waals surface area (Å²) >= 11 is 3.53. The number of aryl methyl sites for hydroxylation is 1. The number of rotatable bonds is 2. The van der Waals surface area contributed by atoms with E-state index in [-0.39, 0.29) is 11.9 Å². The maximum absolute atomic E-state index is 13.1. The number of fused-ring (bicyclic) bond motifs is 1. The zero-order valence-corrected chi connectivity index (χ0v) is 14.5. The van der Waals surface area contributed by atoms with Crippen LogP contribution in [0.1, 0.15) is 37.3 Å². The van der Waals surface area contributed by atoms with Crippen molar-refractivity contribution in [2.45, 2.75) is 19.4 Å². The average molecular weight is 339 g/mol. The molecule has 3 heterocycles. The second-order valence-electron chi connectivity index (χ2n) is 5.83. The number of hydrogen-bond donors (Lipinski definition) is 0. The number of benzene rings is 1. The van der Waals surface area contributed by atoms with Crippen LogP contribution in [0.2, 0.25) is 0 Å². The Balaban J connectivity index is 1.75. The van der Waals surface area contributed by atoms with Gasteiger partial charge in [0.15, 0.2) is 0 Å². The van der Waals surface area contributed by atoms with Crippen LogP contribution in [0.25, 0.3) is 0 Å². The minimum Gasteiger partial charge on any atom is -0.326 e. The van der Waals surface area contributed by atoms with Gasteiger partial charge in [0.1, 0.15) is 0 Å². The Labute approximate surface area is 144 Å². The lowest BCUT2D eigenvalue weighted by Gasteiger charge is -2.35. The Morgan fingerprint density at radius 1 is 1.09 bits per heavy atom.